The van der Waals surface area contributed by atoms with Gasteiger partial charge in [-0.15, -0.1) is 24.5 Å². The van der Waals surface area contributed by atoms with Gasteiger partial charge >= 0.3 is 12.5 Å². The Bertz CT molecular complexity index is 1240. The van der Waals surface area contributed by atoms with Gasteiger partial charge in [-0.05, 0) is 59.6 Å². The molecule has 2 aromatic carbocycles. The van der Waals surface area contributed by atoms with Crippen LogP contribution in [0, 0.1) is 30.5 Å². The zero-order valence-corrected chi connectivity index (χ0v) is 20.8. The maximum atomic E-state index is 13.6. The van der Waals surface area contributed by atoms with Crippen LogP contribution in [0.1, 0.15) is 16.7 Å². The van der Waals surface area contributed by atoms with E-state index in [1.165, 1.54) is 40.5 Å². The fourth-order valence-corrected chi connectivity index (χ4v) is 5.58. The Balaban J connectivity index is 1.23. The molecule has 1 aliphatic heterocycles. The number of benzene rings is 2. The lowest BCUT2D eigenvalue weighted by Crippen LogP contribution is -2.36. The Kier molecular flexibility index (Phi) is 7.09. The van der Waals surface area contributed by atoms with Gasteiger partial charge in [0.1, 0.15) is 11.6 Å². The molecule has 5 rings (SSSR count). The lowest BCUT2D eigenvalue weighted by Gasteiger charge is -2.25. The molecule has 11 heteroatoms. The monoisotopic (exact) mass is 535 g/mol. The summed E-state index contributed by atoms with van der Waals surface area (Å²) in [6.45, 7) is 4.73. The van der Waals surface area contributed by atoms with Crippen molar-refractivity contribution >= 4 is 17.4 Å². The summed E-state index contributed by atoms with van der Waals surface area (Å²) in [7, 11) is 0. The van der Waals surface area contributed by atoms with Crippen molar-refractivity contribution < 1.29 is 31.8 Å². The van der Waals surface area contributed by atoms with E-state index in [9.17, 15) is 22.4 Å². The average molecular weight is 536 g/mol. The molecule has 0 radical (unpaired) electrons. The molecule has 6 nitrogen and oxygen atoms in total. The number of hydrogen-bond acceptors (Lipinski definition) is 6. The van der Waals surface area contributed by atoms with E-state index in [1.807, 2.05) is 6.07 Å². The molecular weight excluding hydrogens is 510 g/mol. The molecule has 37 heavy (non-hydrogen) atoms. The van der Waals surface area contributed by atoms with E-state index in [0.29, 0.717) is 29.5 Å². The molecule has 1 saturated carbocycles. The first kappa shape index (κ1) is 25.5. The predicted molar refractivity (Wildman–Crippen MR) is 129 cm³/mol. The summed E-state index contributed by atoms with van der Waals surface area (Å²) >= 11 is 1.29. The van der Waals surface area contributed by atoms with Gasteiger partial charge in [0.15, 0.2) is 0 Å². The van der Waals surface area contributed by atoms with E-state index < -0.39 is 12.5 Å². The first-order chi connectivity index (χ1) is 17.6. The summed E-state index contributed by atoms with van der Waals surface area (Å²) in [4.78, 5) is 20.8. The first-order valence-corrected chi connectivity index (χ1v) is 12.8. The minimum Gasteiger partial charge on any atom is -0.406 e. The lowest BCUT2D eigenvalue weighted by atomic mass is 10.1. The molecule has 1 aromatic heterocycles. The van der Waals surface area contributed by atoms with Crippen LogP contribution in [0.25, 0.3) is 0 Å². The number of aryl methyl sites for hydroxylation is 1. The number of hydrogen-bond donors (Lipinski definition) is 0. The van der Waals surface area contributed by atoms with Crippen LogP contribution in [0.3, 0.4) is 0 Å². The zero-order valence-electron chi connectivity index (χ0n) is 20.0. The highest BCUT2D eigenvalue weighted by Crippen LogP contribution is 2.52. The maximum absolute atomic E-state index is 13.6. The van der Waals surface area contributed by atoms with Crippen molar-refractivity contribution in [2.75, 3.05) is 19.6 Å². The molecule has 1 aliphatic carbocycles. The summed E-state index contributed by atoms with van der Waals surface area (Å²) in [5.74, 6) is 0.725. The smallest absolute Gasteiger partial charge is 0.406 e. The number of alkyl halides is 3. The second kappa shape index (κ2) is 10.3. The number of aromatic nitrogens is 1. The molecule has 0 N–H and O–H groups in total. The van der Waals surface area contributed by atoms with E-state index in [2.05, 4.69) is 14.6 Å². The summed E-state index contributed by atoms with van der Waals surface area (Å²) in [6.07, 6.45) is -5.40. The van der Waals surface area contributed by atoms with Crippen LogP contribution in [0.5, 0.6) is 11.6 Å². The second-order valence-corrected chi connectivity index (χ2v) is 10.3. The fraction of sp³-hybridized carbons (Fsp3) is 0.385. The van der Waals surface area contributed by atoms with E-state index in [1.54, 1.807) is 29.9 Å². The number of likely N-dealkylation sites (tertiary alicyclic amines) is 1. The standard InChI is InChI=1S/C26H25F4N3O3S/c1-16-7-18(5-6-23(16)27)9-32-11-20-21(12-32)22(20)13-33(25(34)35-24-14-37-15-31-24)10-17-3-2-4-19(8-17)36-26(28,29)30/h2-8,14-15,20-22H,9-13H2,1H3. The molecule has 1 amide bonds. The van der Waals surface area contributed by atoms with Gasteiger partial charge in [0.25, 0.3) is 0 Å². The second-order valence-electron chi connectivity index (χ2n) is 9.54. The quantitative estimate of drug-likeness (QED) is 0.338. The van der Waals surface area contributed by atoms with Crippen molar-refractivity contribution in [2.24, 2.45) is 17.8 Å². The van der Waals surface area contributed by atoms with Gasteiger partial charge in [-0.25, -0.2) is 14.2 Å². The van der Waals surface area contributed by atoms with Gasteiger partial charge in [-0.1, -0.05) is 24.3 Å². The SMILES string of the molecule is Cc1cc(CN2CC3C(C2)C3CN(Cc2cccc(OC(F)(F)F)c2)C(=O)Oc2cscn2)ccc1F. The molecule has 2 heterocycles. The number of piperidine rings is 1. The number of ether oxygens (including phenoxy) is 2. The lowest BCUT2D eigenvalue weighted by molar-refractivity contribution is -0.274. The molecule has 2 atom stereocenters. The highest BCUT2D eigenvalue weighted by molar-refractivity contribution is 7.07. The molecule has 0 bridgehead atoms. The third kappa shape index (κ3) is 6.40. The van der Waals surface area contributed by atoms with Crippen LogP contribution in [0.15, 0.2) is 53.4 Å². The van der Waals surface area contributed by atoms with Gasteiger partial charge in [0, 0.05) is 32.7 Å². The van der Waals surface area contributed by atoms with Crippen molar-refractivity contribution in [3.8, 4) is 11.6 Å². The minimum absolute atomic E-state index is 0.0759. The number of carbonyl (C=O) groups excluding carboxylic acids is 1. The number of rotatable bonds is 8. The number of fused-ring (bicyclic) bond motifs is 1. The predicted octanol–water partition coefficient (Wildman–Crippen LogP) is 5.87. The van der Waals surface area contributed by atoms with E-state index in [4.69, 9.17) is 4.74 Å². The van der Waals surface area contributed by atoms with Crippen LogP contribution in [0.4, 0.5) is 22.4 Å². The average Bonchev–Trinajstić information content (AvgIpc) is 3.19. The maximum Gasteiger partial charge on any atom is 0.573 e. The molecule has 196 valence electrons. The Morgan fingerprint density at radius 1 is 1.16 bits per heavy atom. The van der Waals surface area contributed by atoms with Gasteiger partial charge < -0.3 is 14.4 Å². The van der Waals surface area contributed by atoms with Crippen molar-refractivity contribution in [3.05, 3.63) is 75.9 Å². The van der Waals surface area contributed by atoms with Crippen LogP contribution in [0.2, 0.25) is 0 Å². The minimum atomic E-state index is -4.80. The van der Waals surface area contributed by atoms with Crippen LogP contribution in [-0.2, 0) is 13.1 Å². The molecule has 2 aliphatic rings. The molecule has 0 spiro atoms. The Morgan fingerprint density at radius 3 is 2.62 bits per heavy atom. The topological polar surface area (TPSA) is 54.9 Å². The highest BCUT2D eigenvalue weighted by atomic mass is 32.1. The van der Waals surface area contributed by atoms with E-state index in [0.717, 1.165) is 25.2 Å². The number of thiazole rings is 1. The largest absolute Gasteiger partial charge is 0.573 e. The van der Waals surface area contributed by atoms with Gasteiger partial charge in [-0.2, -0.15) is 0 Å². The van der Waals surface area contributed by atoms with Crippen molar-refractivity contribution in [1.82, 2.24) is 14.8 Å². The highest BCUT2D eigenvalue weighted by Gasteiger charge is 2.56. The van der Waals surface area contributed by atoms with Crippen LogP contribution >= 0.6 is 11.3 Å². The Labute approximate surface area is 215 Å². The van der Waals surface area contributed by atoms with Gasteiger partial charge in [-0.3, -0.25) is 4.90 Å². The third-order valence-electron chi connectivity index (χ3n) is 6.87. The fourth-order valence-electron chi connectivity index (χ4n) is 5.13. The van der Waals surface area contributed by atoms with Crippen molar-refractivity contribution in [1.29, 1.82) is 0 Å². The van der Waals surface area contributed by atoms with E-state index in [-0.39, 0.29) is 29.9 Å². The summed E-state index contributed by atoms with van der Waals surface area (Å²) in [6, 6.07) is 10.8. The Hall–Kier alpha value is -3.18. The molecular formula is C26H25F4N3O3S. The summed E-state index contributed by atoms with van der Waals surface area (Å²) in [5.41, 5.74) is 3.73. The van der Waals surface area contributed by atoms with Gasteiger partial charge in [0.05, 0.1) is 10.9 Å². The zero-order chi connectivity index (χ0) is 26.2. The molecule has 2 fully saturated rings. The van der Waals surface area contributed by atoms with Crippen molar-refractivity contribution in [2.45, 2.75) is 26.4 Å². The number of halogens is 4. The van der Waals surface area contributed by atoms with Crippen LogP contribution in [-0.4, -0.2) is 46.9 Å². The van der Waals surface area contributed by atoms with Crippen LogP contribution < -0.4 is 9.47 Å². The molecule has 1 saturated heterocycles. The van der Waals surface area contributed by atoms with Gasteiger partial charge in [0.2, 0.25) is 5.88 Å². The number of nitrogens with zero attached hydrogens (tertiary/aromatic N) is 3. The third-order valence-corrected chi connectivity index (χ3v) is 7.44. The first-order valence-electron chi connectivity index (χ1n) is 11.8. The Morgan fingerprint density at radius 2 is 1.95 bits per heavy atom. The summed E-state index contributed by atoms with van der Waals surface area (Å²) in [5, 5.41) is 1.61. The number of amides is 1. The van der Waals surface area contributed by atoms with E-state index >= 15 is 0 Å². The molecule has 2 unspecified atom stereocenters. The normalized spacial score (nSPS) is 20.9. The number of carbonyl (C=O) groups is 1. The molecule has 3 aromatic rings. The van der Waals surface area contributed by atoms with Crippen molar-refractivity contribution in [3.63, 3.8) is 0 Å². The summed E-state index contributed by atoms with van der Waals surface area (Å²) < 4.78 is 61.0.